The summed E-state index contributed by atoms with van der Waals surface area (Å²) < 4.78 is 40.5. The van der Waals surface area contributed by atoms with Crippen molar-refractivity contribution in [1.29, 1.82) is 0 Å². The second-order valence-electron chi connectivity index (χ2n) is 3.32. The van der Waals surface area contributed by atoms with E-state index >= 15 is 0 Å². The quantitative estimate of drug-likeness (QED) is 0.122. The Morgan fingerprint density at radius 1 is 0.955 bits per heavy atom. The van der Waals surface area contributed by atoms with E-state index in [0.717, 1.165) is 0 Å². The highest BCUT2D eigenvalue weighted by Gasteiger charge is 2.29. The van der Waals surface area contributed by atoms with Gasteiger partial charge < -0.3 is 45.0 Å². The third-order valence-corrected chi connectivity index (χ3v) is 1.42. The maximum absolute atomic E-state index is 9.90. The first kappa shape index (κ1) is 26.4. The number of hydrogen-bond donors (Lipinski definition) is 10. The summed E-state index contributed by atoms with van der Waals surface area (Å²) in [6.45, 7) is -0.760. The molecule has 0 amide bonds. The van der Waals surface area contributed by atoms with E-state index in [4.69, 9.17) is 62.3 Å². The highest BCUT2D eigenvalue weighted by molar-refractivity contribution is 7.79. The minimum Gasteiger partial charge on any atom is -0.394 e. The lowest BCUT2D eigenvalue weighted by Crippen LogP contribution is -2.46. The van der Waals surface area contributed by atoms with E-state index in [1.807, 2.05) is 0 Å². The van der Waals surface area contributed by atoms with E-state index in [2.05, 4.69) is 0 Å². The lowest BCUT2D eigenvalue weighted by molar-refractivity contribution is -0.136. The monoisotopic (exact) mass is 376 g/mol. The maximum atomic E-state index is 9.90. The number of aliphatic hydroxyl groups is 5. The molecule has 10 N–H and O–H groups in total. The van der Waals surface area contributed by atoms with E-state index in [1.165, 1.54) is 0 Å². The van der Waals surface area contributed by atoms with Gasteiger partial charge in [-0.3, -0.25) is 9.11 Å². The zero-order valence-corrected chi connectivity index (χ0v) is 12.3. The standard InChI is InChI=1S/C6H12O6.H3O4P.H2O4S/c7-1-3(9)5(11)6(12)4(10)2-8;2*1-5(2,3)4/h1,3-6,8-12H,2H2;(H3,1,2,3,4);(H2,1,2,3,4)/t3-,4+,5+,6+;;/m0../s1. The van der Waals surface area contributed by atoms with Crippen molar-refractivity contribution in [2.24, 2.45) is 0 Å². The van der Waals surface area contributed by atoms with Gasteiger partial charge in [0.1, 0.15) is 24.4 Å². The fraction of sp³-hybridized carbons (Fsp3) is 0.833. The molecule has 0 fully saturated rings. The molecule has 0 bridgehead atoms. The molecule has 0 saturated heterocycles. The predicted molar refractivity (Wildman–Crippen MR) is 65.6 cm³/mol. The molecular formula is C6H17O14PS. The van der Waals surface area contributed by atoms with Crippen LogP contribution in [-0.4, -0.2) is 95.0 Å². The Morgan fingerprint density at radius 3 is 1.41 bits per heavy atom. The van der Waals surface area contributed by atoms with Crippen LogP contribution in [0.25, 0.3) is 0 Å². The van der Waals surface area contributed by atoms with E-state index in [-0.39, 0.29) is 6.29 Å². The Labute approximate surface area is 123 Å². The fourth-order valence-electron chi connectivity index (χ4n) is 0.618. The van der Waals surface area contributed by atoms with Gasteiger partial charge in [-0.05, 0) is 0 Å². The number of carbonyl (C=O) groups excluding carboxylic acids is 1. The van der Waals surface area contributed by atoms with Gasteiger partial charge in [-0.2, -0.15) is 8.42 Å². The van der Waals surface area contributed by atoms with Gasteiger partial charge in [0.05, 0.1) is 6.61 Å². The number of hydrogen-bond acceptors (Lipinski definition) is 9. The molecule has 0 aromatic carbocycles. The number of phosphoric acid groups is 1. The van der Waals surface area contributed by atoms with Crippen LogP contribution >= 0.6 is 7.82 Å². The van der Waals surface area contributed by atoms with E-state index in [9.17, 15) is 4.79 Å². The zero-order chi connectivity index (χ0) is 18.7. The molecule has 14 nitrogen and oxygen atoms in total. The van der Waals surface area contributed by atoms with Crippen LogP contribution in [-0.2, 0) is 19.8 Å². The molecule has 0 aromatic rings. The lowest BCUT2D eigenvalue weighted by atomic mass is 10.0. The molecule has 0 heterocycles. The first-order chi connectivity index (χ1) is 9.54. The molecular weight excluding hydrogens is 359 g/mol. The predicted octanol–water partition coefficient (Wildman–Crippen LogP) is -4.96. The summed E-state index contributed by atoms with van der Waals surface area (Å²) in [6.07, 6.45) is -6.84. The van der Waals surface area contributed by atoms with Gasteiger partial charge in [0.15, 0.2) is 6.29 Å². The van der Waals surface area contributed by atoms with Crippen LogP contribution in [0.4, 0.5) is 0 Å². The van der Waals surface area contributed by atoms with Gasteiger partial charge in [-0.25, -0.2) is 4.57 Å². The summed E-state index contributed by atoms with van der Waals surface area (Å²) in [5.74, 6) is 0. The van der Waals surface area contributed by atoms with Crippen LogP contribution in [0.2, 0.25) is 0 Å². The summed E-state index contributed by atoms with van der Waals surface area (Å²) in [6, 6.07) is 0. The van der Waals surface area contributed by atoms with E-state index < -0.39 is 49.2 Å². The largest absolute Gasteiger partial charge is 0.466 e. The van der Waals surface area contributed by atoms with Crippen molar-refractivity contribution in [3.8, 4) is 0 Å². The van der Waals surface area contributed by atoms with Crippen molar-refractivity contribution in [3.05, 3.63) is 0 Å². The SMILES string of the molecule is O=C[C@H](O)[C@@H](O)[C@H](O)[C@H](O)CO.O=P(O)(O)O.O=S(=O)(O)O. The second-order valence-corrected chi connectivity index (χ2v) is 5.24. The van der Waals surface area contributed by atoms with Crippen molar-refractivity contribution in [2.45, 2.75) is 24.4 Å². The molecule has 0 aliphatic carbocycles. The maximum Gasteiger partial charge on any atom is 0.466 e. The Hall–Kier alpha value is -0.550. The van der Waals surface area contributed by atoms with Gasteiger partial charge in [0.2, 0.25) is 0 Å². The Kier molecular flexibility index (Phi) is 14.3. The summed E-state index contributed by atoms with van der Waals surface area (Å²) >= 11 is 0. The third-order valence-electron chi connectivity index (χ3n) is 1.42. The van der Waals surface area contributed by atoms with Crippen molar-refractivity contribution >= 4 is 24.5 Å². The molecule has 0 aromatic heterocycles. The van der Waals surface area contributed by atoms with E-state index in [1.54, 1.807) is 0 Å². The van der Waals surface area contributed by atoms with Crippen LogP contribution in [0, 0.1) is 0 Å². The fourth-order valence-corrected chi connectivity index (χ4v) is 0.618. The van der Waals surface area contributed by atoms with E-state index in [0.29, 0.717) is 0 Å². The number of aldehydes is 1. The summed E-state index contributed by atoms with van der Waals surface area (Å²) in [5.41, 5.74) is 0. The van der Waals surface area contributed by atoms with Crippen molar-refractivity contribution in [2.75, 3.05) is 6.61 Å². The Bertz CT molecular complexity index is 412. The minimum atomic E-state index is -4.67. The highest BCUT2D eigenvalue weighted by Crippen LogP contribution is 2.25. The lowest BCUT2D eigenvalue weighted by Gasteiger charge is -2.22. The van der Waals surface area contributed by atoms with Gasteiger partial charge in [-0.1, -0.05) is 0 Å². The molecule has 16 heteroatoms. The molecule has 0 unspecified atom stereocenters. The Morgan fingerprint density at radius 2 is 1.23 bits per heavy atom. The second kappa shape index (κ2) is 11.9. The van der Waals surface area contributed by atoms with Gasteiger partial charge >= 0.3 is 18.2 Å². The van der Waals surface area contributed by atoms with Gasteiger partial charge in [0, 0.05) is 0 Å². The van der Waals surface area contributed by atoms with Crippen molar-refractivity contribution in [1.82, 2.24) is 0 Å². The first-order valence-corrected chi connectivity index (χ1v) is 7.77. The zero-order valence-electron chi connectivity index (χ0n) is 10.6. The average Bonchev–Trinajstić information content (AvgIpc) is 2.30. The minimum absolute atomic E-state index is 0.0258. The van der Waals surface area contributed by atoms with Gasteiger partial charge in [-0.15, -0.1) is 0 Å². The summed E-state index contributed by atoms with van der Waals surface area (Å²) in [5, 5.41) is 43.5. The highest BCUT2D eigenvalue weighted by atomic mass is 32.3. The third kappa shape index (κ3) is 27.7. The number of rotatable bonds is 5. The normalized spacial score (nSPS) is 16.8. The molecule has 0 spiro atoms. The van der Waals surface area contributed by atoms with Crippen molar-refractivity contribution < 1.29 is 67.1 Å². The van der Waals surface area contributed by atoms with Crippen LogP contribution < -0.4 is 0 Å². The average molecular weight is 376 g/mol. The van der Waals surface area contributed by atoms with Crippen molar-refractivity contribution in [3.63, 3.8) is 0 Å². The molecule has 0 rings (SSSR count). The van der Waals surface area contributed by atoms with Crippen LogP contribution in [0.3, 0.4) is 0 Å². The smallest absolute Gasteiger partial charge is 0.394 e. The number of carbonyl (C=O) groups is 1. The summed E-state index contributed by atoms with van der Waals surface area (Å²) in [7, 11) is -9.31. The molecule has 0 saturated carbocycles. The molecule has 0 aliphatic rings. The van der Waals surface area contributed by atoms with Crippen LogP contribution in [0.1, 0.15) is 0 Å². The molecule has 22 heavy (non-hydrogen) atoms. The van der Waals surface area contributed by atoms with Crippen LogP contribution in [0.15, 0.2) is 0 Å². The molecule has 4 atom stereocenters. The summed E-state index contributed by atoms with van der Waals surface area (Å²) in [4.78, 5) is 31.5. The molecule has 0 radical (unpaired) electrons. The topological polar surface area (TPSA) is 271 Å². The van der Waals surface area contributed by atoms with Crippen LogP contribution in [0.5, 0.6) is 0 Å². The first-order valence-electron chi connectivity index (χ1n) is 4.81. The van der Waals surface area contributed by atoms with Gasteiger partial charge in [0.25, 0.3) is 0 Å². The Balaban J connectivity index is -0.000000298. The number of aliphatic hydroxyl groups excluding tert-OH is 5. The molecule has 0 aliphatic heterocycles. The molecule has 136 valence electrons.